The Bertz CT molecular complexity index is 367. The molecule has 3 aliphatic rings. The van der Waals surface area contributed by atoms with Crippen molar-refractivity contribution in [2.45, 2.75) is 12.2 Å². The highest BCUT2D eigenvalue weighted by atomic mass is 16.5. The molecule has 0 aromatic carbocycles. The fraction of sp³-hybridized carbons (Fsp3) is 0.417. The molecule has 2 heterocycles. The second kappa shape index (κ2) is 3.35. The first-order chi connectivity index (χ1) is 7.36. The first-order valence-corrected chi connectivity index (χ1v) is 5.19. The summed E-state index contributed by atoms with van der Waals surface area (Å²) < 4.78 is 11.0. The molecule has 1 saturated heterocycles. The predicted molar refractivity (Wildman–Crippen MR) is 54.0 cm³/mol. The lowest BCUT2D eigenvalue weighted by Crippen LogP contribution is -2.49. The highest BCUT2D eigenvalue weighted by Gasteiger charge is 2.43. The molecule has 0 radical (unpaired) electrons. The van der Waals surface area contributed by atoms with Crippen molar-refractivity contribution in [1.82, 2.24) is 0 Å². The van der Waals surface area contributed by atoms with Crippen molar-refractivity contribution in [1.29, 1.82) is 0 Å². The van der Waals surface area contributed by atoms with E-state index in [-0.39, 0.29) is 29.8 Å². The van der Waals surface area contributed by atoms with E-state index in [4.69, 9.17) is 9.47 Å². The Balaban J connectivity index is 1.91. The van der Waals surface area contributed by atoms with E-state index in [9.17, 15) is 4.79 Å². The SMILES string of the molecule is O=C1C2C=CC=CC2OC2C=COCC12. The van der Waals surface area contributed by atoms with Crippen LogP contribution in [-0.4, -0.2) is 24.6 Å². The van der Waals surface area contributed by atoms with Crippen LogP contribution < -0.4 is 0 Å². The van der Waals surface area contributed by atoms with Gasteiger partial charge < -0.3 is 9.47 Å². The van der Waals surface area contributed by atoms with E-state index in [1.165, 1.54) is 0 Å². The summed E-state index contributed by atoms with van der Waals surface area (Å²) in [6.07, 6.45) is 10.9. The Morgan fingerprint density at radius 1 is 1.13 bits per heavy atom. The zero-order chi connectivity index (χ0) is 10.3. The van der Waals surface area contributed by atoms with Crippen LogP contribution in [0.2, 0.25) is 0 Å². The summed E-state index contributed by atoms with van der Waals surface area (Å²) in [6, 6.07) is 0. The van der Waals surface area contributed by atoms with Gasteiger partial charge in [0.15, 0.2) is 5.78 Å². The molecule has 0 bridgehead atoms. The molecule has 0 amide bonds. The van der Waals surface area contributed by atoms with Gasteiger partial charge in [0.2, 0.25) is 0 Å². The maximum Gasteiger partial charge on any atom is 0.152 e. The lowest BCUT2D eigenvalue weighted by molar-refractivity contribution is -0.149. The van der Waals surface area contributed by atoms with Crippen molar-refractivity contribution in [3.63, 3.8) is 0 Å². The van der Waals surface area contributed by atoms with Crippen LogP contribution in [0.1, 0.15) is 0 Å². The molecule has 1 fully saturated rings. The third-order valence-electron chi connectivity index (χ3n) is 3.13. The lowest BCUT2D eigenvalue weighted by atomic mass is 9.80. The summed E-state index contributed by atoms with van der Waals surface area (Å²) in [6.45, 7) is 0.445. The Labute approximate surface area is 88.1 Å². The van der Waals surface area contributed by atoms with Crippen molar-refractivity contribution in [3.05, 3.63) is 36.6 Å². The standard InChI is InChI=1S/C12H12O3/c13-12-8-3-1-2-4-10(8)15-11-5-6-14-7-9(11)12/h1-6,8-11H,7H2. The smallest absolute Gasteiger partial charge is 0.152 e. The normalized spacial score (nSPS) is 42.0. The minimum absolute atomic E-state index is 0.0912. The summed E-state index contributed by atoms with van der Waals surface area (Å²) in [5, 5.41) is 0. The monoisotopic (exact) mass is 204 g/mol. The summed E-state index contributed by atoms with van der Waals surface area (Å²) in [5.41, 5.74) is 0. The molecule has 0 saturated carbocycles. The van der Waals surface area contributed by atoms with Crippen molar-refractivity contribution in [3.8, 4) is 0 Å². The number of ether oxygens (including phenoxy) is 2. The van der Waals surface area contributed by atoms with Crippen molar-refractivity contribution in [2.75, 3.05) is 6.61 Å². The quantitative estimate of drug-likeness (QED) is 0.595. The molecular formula is C12H12O3. The van der Waals surface area contributed by atoms with Gasteiger partial charge in [-0.25, -0.2) is 0 Å². The van der Waals surface area contributed by atoms with Gasteiger partial charge in [-0.2, -0.15) is 0 Å². The molecule has 3 nitrogen and oxygen atoms in total. The van der Waals surface area contributed by atoms with Crippen LogP contribution in [-0.2, 0) is 14.3 Å². The topological polar surface area (TPSA) is 35.5 Å². The highest BCUT2D eigenvalue weighted by molar-refractivity contribution is 5.88. The largest absolute Gasteiger partial charge is 0.501 e. The van der Waals surface area contributed by atoms with Crippen LogP contribution in [0.25, 0.3) is 0 Å². The van der Waals surface area contributed by atoms with Crippen LogP contribution >= 0.6 is 0 Å². The van der Waals surface area contributed by atoms with Gasteiger partial charge in [0.1, 0.15) is 0 Å². The number of ketones is 1. The summed E-state index contributed by atoms with van der Waals surface area (Å²) in [7, 11) is 0. The van der Waals surface area contributed by atoms with Gasteiger partial charge in [0.05, 0.1) is 36.9 Å². The summed E-state index contributed by atoms with van der Waals surface area (Å²) in [5.74, 6) is -0.0139. The molecule has 0 aromatic heterocycles. The minimum atomic E-state index is -0.132. The zero-order valence-corrected chi connectivity index (χ0v) is 8.21. The molecular weight excluding hydrogens is 192 g/mol. The Hall–Kier alpha value is -1.35. The van der Waals surface area contributed by atoms with Crippen molar-refractivity contribution < 1.29 is 14.3 Å². The first-order valence-electron chi connectivity index (χ1n) is 5.19. The number of allylic oxidation sites excluding steroid dienone is 2. The van der Waals surface area contributed by atoms with E-state index < -0.39 is 0 Å². The average Bonchev–Trinajstić information content (AvgIpc) is 2.30. The minimum Gasteiger partial charge on any atom is -0.501 e. The van der Waals surface area contributed by atoms with E-state index in [1.54, 1.807) is 6.26 Å². The Morgan fingerprint density at radius 2 is 2.00 bits per heavy atom. The van der Waals surface area contributed by atoms with Crippen LogP contribution in [0, 0.1) is 11.8 Å². The second-order valence-electron chi connectivity index (χ2n) is 4.03. The van der Waals surface area contributed by atoms with E-state index in [1.807, 2.05) is 30.4 Å². The Morgan fingerprint density at radius 3 is 2.93 bits per heavy atom. The second-order valence-corrected chi connectivity index (χ2v) is 4.03. The molecule has 0 N–H and O–H groups in total. The fourth-order valence-electron chi connectivity index (χ4n) is 2.31. The van der Waals surface area contributed by atoms with E-state index in [0.717, 1.165) is 0 Å². The maximum absolute atomic E-state index is 12.1. The van der Waals surface area contributed by atoms with Gasteiger partial charge in [0, 0.05) is 0 Å². The average molecular weight is 204 g/mol. The number of hydrogen-bond acceptors (Lipinski definition) is 3. The molecule has 2 aliphatic heterocycles. The highest BCUT2D eigenvalue weighted by Crippen LogP contribution is 2.32. The van der Waals surface area contributed by atoms with Crippen molar-refractivity contribution >= 4 is 5.78 Å². The molecule has 4 unspecified atom stereocenters. The summed E-state index contributed by atoms with van der Waals surface area (Å²) >= 11 is 0. The van der Waals surface area contributed by atoms with Gasteiger partial charge in [-0.15, -0.1) is 0 Å². The van der Waals surface area contributed by atoms with Crippen LogP contribution in [0.5, 0.6) is 0 Å². The van der Waals surface area contributed by atoms with Gasteiger partial charge in [0.25, 0.3) is 0 Å². The van der Waals surface area contributed by atoms with Crippen LogP contribution in [0.15, 0.2) is 36.6 Å². The van der Waals surface area contributed by atoms with Crippen LogP contribution in [0.4, 0.5) is 0 Å². The molecule has 4 atom stereocenters. The fourth-order valence-corrected chi connectivity index (χ4v) is 2.31. The number of hydrogen-bond donors (Lipinski definition) is 0. The molecule has 3 heteroatoms. The number of carbonyl (C=O) groups excluding carboxylic acids is 1. The van der Waals surface area contributed by atoms with Crippen molar-refractivity contribution in [2.24, 2.45) is 11.8 Å². The molecule has 1 aliphatic carbocycles. The molecule has 3 rings (SSSR count). The number of fused-ring (bicyclic) bond motifs is 2. The van der Waals surface area contributed by atoms with Gasteiger partial charge in [-0.3, -0.25) is 4.79 Å². The molecule has 15 heavy (non-hydrogen) atoms. The van der Waals surface area contributed by atoms with E-state index in [0.29, 0.717) is 6.61 Å². The van der Waals surface area contributed by atoms with E-state index in [2.05, 4.69) is 0 Å². The zero-order valence-electron chi connectivity index (χ0n) is 8.21. The number of carbonyl (C=O) groups is 1. The van der Waals surface area contributed by atoms with Gasteiger partial charge in [-0.05, 0) is 6.08 Å². The molecule has 0 spiro atoms. The number of Topliss-reactive ketones (excluding diaryl/α,β-unsaturated/α-hetero) is 1. The third kappa shape index (κ3) is 1.35. The lowest BCUT2D eigenvalue weighted by Gasteiger charge is -2.39. The maximum atomic E-state index is 12.1. The predicted octanol–water partition coefficient (Wildman–Crippen LogP) is 1.23. The van der Waals surface area contributed by atoms with Crippen LogP contribution in [0.3, 0.4) is 0 Å². The summed E-state index contributed by atoms with van der Waals surface area (Å²) in [4.78, 5) is 12.1. The first kappa shape index (κ1) is 8.92. The third-order valence-corrected chi connectivity index (χ3v) is 3.13. The molecule has 78 valence electrons. The van der Waals surface area contributed by atoms with Gasteiger partial charge >= 0.3 is 0 Å². The Kier molecular flexibility index (Phi) is 1.99. The number of rotatable bonds is 0. The molecule has 0 aromatic rings. The van der Waals surface area contributed by atoms with Gasteiger partial charge in [-0.1, -0.05) is 24.3 Å². The van der Waals surface area contributed by atoms with E-state index >= 15 is 0 Å².